The highest BCUT2D eigenvalue weighted by atomic mass is 19.1. The van der Waals surface area contributed by atoms with Crippen molar-refractivity contribution in [1.82, 2.24) is 9.80 Å². The lowest BCUT2D eigenvalue weighted by molar-refractivity contribution is -0.138. The largest absolute Gasteiger partial charge is 0.480 e. The Bertz CT molecular complexity index is 446. The molecule has 0 aliphatic heterocycles. The molecule has 0 radical (unpaired) electrons. The molecular formula is C14H20F2N2O2. The van der Waals surface area contributed by atoms with E-state index >= 15 is 0 Å². The Labute approximate surface area is 117 Å². The SMILES string of the molecule is CC(c1cc(F)cc(F)c1)N(CCN(C)C)CC(=O)O. The fourth-order valence-electron chi connectivity index (χ4n) is 1.94. The van der Waals surface area contributed by atoms with E-state index in [9.17, 15) is 13.6 Å². The van der Waals surface area contributed by atoms with E-state index in [1.165, 1.54) is 12.1 Å². The highest BCUT2D eigenvalue weighted by Crippen LogP contribution is 2.21. The van der Waals surface area contributed by atoms with Gasteiger partial charge in [0.15, 0.2) is 0 Å². The molecule has 0 aliphatic carbocycles. The van der Waals surface area contributed by atoms with Crippen LogP contribution >= 0.6 is 0 Å². The second-order valence-corrected chi connectivity index (χ2v) is 5.05. The zero-order valence-corrected chi connectivity index (χ0v) is 11.9. The van der Waals surface area contributed by atoms with Gasteiger partial charge in [-0.25, -0.2) is 8.78 Å². The molecule has 1 aromatic carbocycles. The van der Waals surface area contributed by atoms with Gasteiger partial charge in [0.1, 0.15) is 11.6 Å². The summed E-state index contributed by atoms with van der Waals surface area (Å²) in [5.74, 6) is -2.28. The zero-order chi connectivity index (χ0) is 15.3. The second kappa shape index (κ2) is 7.31. The number of nitrogens with zero attached hydrogens (tertiary/aromatic N) is 2. The van der Waals surface area contributed by atoms with Crippen molar-refractivity contribution in [3.63, 3.8) is 0 Å². The van der Waals surface area contributed by atoms with Gasteiger partial charge in [0.05, 0.1) is 6.54 Å². The molecule has 4 nitrogen and oxygen atoms in total. The molecular weight excluding hydrogens is 266 g/mol. The van der Waals surface area contributed by atoms with E-state index in [2.05, 4.69) is 0 Å². The molecule has 0 saturated carbocycles. The first-order valence-corrected chi connectivity index (χ1v) is 6.36. The molecule has 0 saturated heterocycles. The van der Waals surface area contributed by atoms with Crippen molar-refractivity contribution in [3.8, 4) is 0 Å². The predicted molar refractivity (Wildman–Crippen MR) is 72.5 cm³/mol. The number of likely N-dealkylation sites (N-methyl/N-ethyl adjacent to an activating group) is 1. The number of carboxylic acid groups (broad SMARTS) is 1. The summed E-state index contributed by atoms with van der Waals surface area (Å²) in [4.78, 5) is 14.5. The summed E-state index contributed by atoms with van der Waals surface area (Å²) in [6, 6.07) is 2.89. The molecule has 1 rings (SSSR count). The second-order valence-electron chi connectivity index (χ2n) is 5.05. The number of rotatable bonds is 7. The standard InChI is InChI=1S/C14H20F2N2O2/c1-10(11-6-12(15)8-13(16)7-11)18(9-14(19)20)5-4-17(2)3/h6-8,10H,4-5,9H2,1-3H3,(H,19,20). The Hall–Kier alpha value is -1.53. The summed E-state index contributed by atoms with van der Waals surface area (Å²) in [5.41, 5.74) is 0.433. The fraction of sp³-hybridized carbons (Fsp3) is 0.500. The van der Waals surface area contributed by atoms with Gasteiger partial charge in [-0.3, -0.25) is 9.69 Å². The van der Waals surface area contributed by atoms with E-state index in [1.807, 2.05) is 19.0 Å². The fourth-order valence-corrected chi connectivity index (χ4v) is 1.94. The molecule has 0 amide bonds. The number of hydrogen-bond donors (Lipinski definition) is 1. The third kappa shape index (κ3) is 5.22. The summed E-state index contributed by atoms with van der Waals surface area (Å²) < 4.78 is 26.5. The first-order valence-electron chi connectivity index (χ1n) is 6.36. The number of halogens is 2. The molecule has 1 unspecified atom stereocenters. The van der Waals surface area contributed by atoms with Crippen molar-refractivity contribution in [2.45, 2.75) is 13.0 Å². The van der Waals surface area contributed by atoms with Crippen molar-refractivity contribution >= 4 is 5.97 Å². The van der Waals surface area contributed by atoms with Gasteiger partial charge < -0.3 is 10.0 Å². The van der Waals surface area contributed by atoms with Crippen LogP contribution in [0.15, 0.2) is 18.2 Å². The summed E-state index contributed by atoms with van der Waals surface area (Å²) in [7, 11) is 3.76. The quantitative estimate of drug-likeness (QED) is 0.832. The van der Waals surface area contributed by atoms with Gasteiger partial charge in [-0.2, -0.15) is 0 Å². The molecule has 0 fully saturated rings. The highest BCUT2D eigenvalue weighted by Gasteiger charge is 2.19. The average Bonchev–Trinajstić information content (AvgIpc) is 2.31. The number of hydrogen-bond acceptors (Lipinski definition) is 3. The maximum atomic E-state index is 13.2. The Morgan fingerprint density at radius 3 is 2.20 bits per heavy atom. The van der Waals surface area contributed by atoms with Crippen molar-refractivity contribution in [1.29, 1.82) is 0 Å². The van der Waals surface area contributed by atoms with Crippen molar-refractivity contribution in [2.75, 3.05) is 33.7 Å². The number of aliphatic carboxylic acids is 1. The molecule has 0 bridgehead atoms. The van der Waals surface area contributed by atoms with Crippen LogP contribution in [0.5, 0.6) is 0 Å². The van der Waals surface area contributed by atoms with Crippen LogP contribution in [0.25, 0.3) is 0 Å². The van der Waals surface area contributed by atoms with Gasteiger partial charge in [0.25, 0.3) is 0 Å². The van der Waals surface area contributed by atoms with Crippen molar-refractivity contribution in [3.05, 3.63) is 35.4 Å². The molecule has 1 atom stereocenters. The number of carboxylic acids is 1. The molecule has 0 heterocycles. The Morgan fingerprint density at radius 2 is 1.75 bits per heavy atom. The summed E-state index contributed by atoms with van der Waals surface area (Å²) >= 11 is 0. The minimum absolute atomic E-state index is 0.173. The number of carbonyl (C=O) groups is 1. The molecule has 20 heavy (non-hydrogen) atoms. The van der Waals surface area contributed by atoms with Crippen LogP contribution in [-0.4, -0.2) is 54.6 Å². The summed E-state index contributed by atoms with van der Waals surface area (Å²) in [6.07, 6.45) is 0. The molecule has 6 heteroatoms. The lowest BCUT2D eigenvalue weighted by Crippen LogP contribution is -2.37. The van der Waals surface area contributed by atoms with Crippen LogP contribution in [0.3, 0.4) is 0 Å². The van der Waals surface area contributed by atoms with Crippen molar-refractivity contribution in [2.24, 2.45) is 0 Å². The lowest BCUT2D eigenvalue weighted by Gasteiger charge is -2.29. The van der Waals surface area contributed by atoms with Gasteiger partial charge >= 0.3 is 5.97 Å². The van der Waals surface area contributed by atoms with Gasteiger partial charge in [-0.15, -0.1) is 0 Å². The highest BCUT2D eigenvalue weighted by molar-refractivity contribution is 5.69. The molecule has 0 spiro atoms. The summed E-state index contributed by atoms with van der Waals surface area (Å²) in [5, 5.41) is 8.95. The third-order valence-corrected chi connectivity index (χ3v) is 3.09. The van der Waals surface area contributed by atoms with Gasteiger partial charge in [0.2, 0.25) is 0 Å². The van der Waals surface area contributed by atoms with Crippen LogP contribution in [0, 0.1) is 11.6 Å². The maximum absolute atomic E-state index is 13.2. The van der Waals surface area contributed by atoms with Crippen LogP contribution in [0.2, 0.25) is 0 Å². The van der Waals surface area contributed by atoms with Gasteiger partial charge in [-0.1, -0.05) is 0 Å². The van der Waals surface area contributed by atoms with Gasteiger partial charge in [0, 0.05) is 25.2 Å². The van der Waals surface area contributed by atoms with E-state index in [0.717, 1.165) is 6.07 Å². The van der Waals surface area contributed by atoms with E-state index < -0.39 is 17.6 Å². The Balaban J connectivity index is 2.90. The lowest BCUT2D eigenvalue weighted by atomic mass is 10.1. The summed E-state index contributed by atoms with van der Waals surface area (Å²) in [6.45, 7) is 2.73. The third-order valence-electron chi connectivity index (χ3n) is 3.09. The topological polar surface area (TPSA) is 43.8 Å². The zero-order valence-electron chi connectivity index (χ0n) is 11.9. The van der Waals surface area contributed by atoms with Crippen LogP contribution in [-0.2, 0) is 4.79 Å². The first-order chi connectivity index (χ1) is 9.29. The van der Waals surface area contributed by atoms with Gasteiger partial charge in [-0.05, 0) is 38.7 Å². The normalized spacial score (nSPS) is 12.9. The van der Waals surface area contributed by atoms with E-state index in [0.29, 0.717) is 18.7 Å². The van der Waals surface area contributed by atoms with E-state index in [4.69, 9.17) is 5.11 Å². The smallest absolute Gasteiger partial charge is 0.317 e. The molecule has 112 valence electrons. The average molecular weight is 286 g/mol. The predicted octanol–water partition coefficient (Wildman–Crippen LogP) is 1.97. The van der Waals surface area contributed by atoms with Crippen LogP contribution in [0.4, 0.5) is 8.78 Å². The minimum atomic E-state index is -0.965. The van der Waals surface area contributed by atoms with Crippen LogP contribution < -0.4 is 0 Å². The molecule has 0 aromatic heterocycles. The van der Waals surface area contributed by atoms with Crippen LogP contribution in [0.1, 0.15) is 18.5 Å². The van der Waals surface area contributed by atoms with Crippen molar-refractivity contribution < 1.29 is 18.7 Å². The monoisotopic (exact) mass is 286 g/mol. The van der Waals surface area contributed by atoms with E-state index in [-0.39, 0.29) is 12.6 Å². The molecule has 0 aliphatic rings. The number of benzene rings is 1. The molecule has 1 aromatic rings. The molecule has 1 N–H and O–H groups in total. The Kier molecular flexibility index (Phi) is 6.04. The van der Waals surface area contributed by atoms with E-state index in [1.54, 1.807) is 11.8 Å². The minimum Gasteiger partial charge on any atom is -0.480 e. The first kappa shape index (κ1) is 16.5. The maximum Gasteiger partial charge on any atom is 0.317 e. The Morgan fingerprint density at radius 1 is 1.20 bits per heavy atom.